The zero-order chi connectivity index (χ0) is 20.2. The number of pyridine rings is 1. The lowest BCUT2D eigenvalue weighted by Crippen LogP contribution is -2.36. The van der Waals surface area contributed by atoms with Crippen molar-refractivity contribution in [3.8, 4) is 5.75 Å². The number of nitrogens with zero attached hydrogens (tertiary/aromatic N) is 1. The summed E-state index contributed by atoms with van der Waals surface area (Å²) >= 11 is 5.17. The molecular weight excluding hydrogens is 399 g/mol. The van der Waals surface area contributed by atoms with Crippen LogP contribution in [0.2, 0.25) is 0 Å². The van der Waals surface area contributed by atoms with Gasteiger partial charge in [0.1, 0.15) is 11.4 Å². The molecule has 146 valence electrons. The fraction of sp³-hybridized carbons (Fsp3) is 0.235. The third kappa shape index (κ3) is 5.57. The Morgan fingerprint density at radius 2 is 1.81 bits per heavy atom. The van der Waals surface area contributed by atoms with Crippen molar-refractivity contribution in [2.45, 2.75) is 13.1 Å². The summed E-state index contributed by atoms with van der Waals surface area (Å²) in [5.41, 5.74) is -0.0149. The predicted molar refractivity (Wildman–Crippen MR) is 105 cm³/mol. The third-order valence-corrected chi connectivity index (χ3v) is 6.01. The smallest absolute Gasteiger partial charge is 0.433 e. The molecule has 0 aliphatic heterocycles. The molecule has 10 heteroatoms. The van der Waals surface area contributed by atoms with E-state index in [-0.39, 0.29) is 5.11 Å². The van der Waals surface area contributed by atoms with E-state index in [0.29, 0.717) is 21.9 Å². The Labute approximate surface area is 161 Å². The van der Waals surface area contributed by atoms with E-state index >= 15 is 0 Å². The first-order valence-corrected chi connectivity index (χ1v) is 9.99. The Morgan fingerprint density at radius 3 is 2.30 bits per heavy atom. The summed E-state index contributed by atoms with van der Waals surface area (Å²) in [6.45, 7) is 1.55. The van der Waals surface area contributed by atoms with Crippen LogP contribution in [0.3, 0.4) is 0 Å². The molecule has 27 heavy (non-hydrogen) atoms. The second-order valence-corrected chi connectivity index (χ2v) is 8.53. The summed E-state index contributed by atoms with van der Waals surface area (Å²) in [5, 5.41) is 3.01. The van der Waals surface area contributed by atoms with Crippen LogP contribution in [0.15, 0.2) is 42.6 Å². The van der Waals surface area contributed by atoms with E-state index in [1.54, 1.807) is 38.3 Å². The standard InChI is InChI=1S/C17H18F3N3O2S2/c1-11(12-4-9-15(21-10-12)17(18,19)20)27(3,24)23-16(26)22-13-5-7-14(25-2)8-6-13/h4-10H,1-3H3,(H2,22,23,24,26). The number of ether oxygens (including phenoxy) is 1. The summed E-state index contributed by atoms with van der Waals surface area (Å²) in [7, 11) is -1.28. The van der Waals surface area contributed by atoms with Gasteiger partial charge in [-0.2, -0.15) is 13.2 Å². The number of methoxy groups -OCH3 is 1. The highest BCUT2D eigenvalue weighted by Gasteiger charge is 2.32. The summed E-state index contributed by atoms with van der Waals surface area (Å²) < 4.78 is 58.5. The minimum absolute atomic E-state index is 0.117. The van der Waals surface area contributed by atoms with Gasteiger partial charge in [0, 0.05) is 28.6 Å². The van der Waals surface area contributed by atoms with E-state index in [1.165, 1.54) is 12.3 Å². The van der Waals surface area contributed by atoms with Gasteiger partial charge < -0.3 is 10.1 Å². The van der Waals surface area contributed by atoms with E-state index in [1.807, 2.05) is 0 Å². The number of rotatable bonds is 4. The van der Waals surface area contributed by atoms with Crippen LogP contribution in [0, 0.1) is 0 Å². The second-order valence-electron chi connectivity index (χ2n) is 5.61. The quantitative estimate of drug-likeness (QED) is 0.589. The average molecular weight is 417 g/mol. The highest BCUT2D eigenvalue weighted by molar-refractivity contribution is 8.01. The van der Waals surface area contributed by atoms with Crippen LogP contribution < -0.4 is 14.8 Å². The van der Waals surface area contributed by atoms with E-state index < -0.39 is 21.6 Å². The maximum atomic E-state index is 12.9. The van der Waals surface area contributed by atoms with Crippen LogP contribution in [0.5, 0.6) is 5.75 Å². The molecule has 0 amide bonds. The molecule has 2 aromatic rings. The number of thiocarbonyl (C=S) groups is 1. The molecule has 0 radical (unpaired) electrons. The van der Waals surface area contributed by atoms with E-state index in [2.05, 4.69) is 15.0 Å². The maximum absolute atomic E-state index is 12.9. The molecule has 0 spiro atoms. The number of anilines is 1. The van der Waals surface area contributed by atoms with E-state index in [0.717, 1.165) is 12.3 Å². The van der Waals surface area contributed by atoms with Crippen LogP contribution >= 0.6 is 12.2 Å². The molecule has 1 atom stereocenters. The van der Waals surface area contributed by atoms with Crippen LogP contribution in [0.4, 0.5) is 18.9 Å². The minimum Gasteiger partial charge on any atom is -0.497 e. The van der Waals surface area contributed by atoms with Gasteiger partial charge >= 0.3 is 6.18 Å². The molecule has 0 aliphatic rings. The van der Waals surface area contributed by atoms with E-state index in [9.17, 15) is 17.4 Å². The molecule has 0 fully saturated rings. The maximum Gasteiger partial charge on any atom is 0.433 e. The zero-order valence-corrected chi connectivity index (χ0v) is 16.4. The van der Waals surface area contributed by atoms with Gasteiger partial charge in [0.05, 0.1) is 16.8 Å². The largest absolute Gasteiger partial charge is 0.497 e. The molecule has 1 aromatic heterocycles. The van der Waals surface area contributed by atoms with Crippen molar-refractivity contribution < 1.29 is 22.1 Å². The number of nitrogens with one attached hydrogen (secondary N) is 2. The van der Waals surface area contributed by atoms with Crippen molar-refractivity contribution in [2.75, 3.05) is 18.7 Å². The highest BCUT2D eigenvalue weighted by atomic mass is 32.2. The topological polar surface area (TPSA) is 63.2 Å². The van der Waals surface area contributed by atoms with Gasteiger partial charge in [-0.05, 0) is 49.5 Å². The van der Waals surface area contributed by atoms with Gasteiger partial charge in [-0.3, -0.25) is 9.71 Å². The van der Waals surface area contributed by atoms with Gasteiger partial charge in [-0.1, -0.05) is 6.07 Å². The van der Waals surface area contributed by atoms with Crippen molar-refractivity contribution in [3.05, 3.63) is 53.9 Å². The lowest BCUT2D eigenvalue weighted by Gasteiger charge is -2.16. The normalized spacial score (nSPS) is 13.4. The summed E-state index contributed by atoms with van der Waals surface area (Å²) in [4.78, 5) is 3.72. The molecular formula is C17H18F3N3O2S2. The fourth-order valence-electron chi connectivity index (χ4n) is 2.08. The Kier molecular flexibility index (Phi) is 6.32. The molecule has 1 aromatic carbocycles. The Balaban J connectivity index is 2.17. The van der Waals surface area contributed by atoms with E-state index in [4.69, 9.17) is 17.0 Å². The first-order chi connectivity index (χ1) is 12.5. The van der Waals surface area contributed by atoms with Gasteiger partial charge in [0.25, 0.3) is 0 Å². The van der Waals surface area contributed by atoms with Crippen molar-refractivity contribution in [1.82, 2.24) is 9.71 Å². The SMILES string of the molecule is COc1ccc(NC(=S)NS(C)(=O)=C(C)c2ccc(C(F)(F)F)nc2)cc1. The Bertz CT molecular complexity index is 933. The van der Waals surface area contributed by atoms with Crippen LogP contribution in [0.1, 0.15) is 18.2 Å². The molecule has 0 saturated heterocycles. The van der Waals surface area contributed by atoms with Crippen LogP contribution in [-0.4, -0.2) is 32.5 Å². The first-order valence-electron chi connectivity index (χ1n) is 7.62. The molecule has 1 heterocycles. The van der Waals surface area contributed by atoms with Crippen molar-refractivity contribution in [1.29, 1.82) is 0 Å². The monoisotopic (exact) mass is 417 g/mol. The Hall–Kier alpha value is -2.33. The molecule has 0 aliphatic carbocycles. The first kappa shape index (κ1) is 21.0. The number of benzene rings is 1. The number of halogens is 3. The summed E-state index contributed by atoms with van der Waals surface area (Å²) in [5.74, 6) is 0.678. The lowest BCUT2D eigenvalue weighted by molar-refractivity contribution is -0.141. The number of hydrogen-bond donors (Lipinski definition) is 2. The molecule has 2 N–H and O–H groups in total. The van der Waals surface area contributed by atoms with Gasteiger partial charge in [-0.25, -0.2) is 4.21 Å². The molecule has 5 nitrogen and oxygen atoms in total. The highest BCUT2D eigenvalue weighted by Crippen LogP contribution is 2.27. The zero-order valence-electron chi connectivity index (χ0n) is 14.8. The lowest BCUT2D eigenvalue weighted by atomic mass is 10.2. The molecule has 0 bridgehead atoms. The molecule has 1 unspecified atom stereocenters. The predicted octanol–water partition coefficient (Wildman–Crippen LogP) is 3.47. The number of aromatic nitrogens is 1. The van der Waals surface area contributed by atoms with Crippen LogP contribution in [0.25, 0.3) is 0 Å². The van der Waals surface area contributed by atoms with Gasteiger partial charge in [0.2, 0.25) is 0 Å². The molecule has 0 saturated carbocycles. The average Bonchev–Trinajstić information content (AvgIpc) is 2.60. The number of alkyl halides is 3. The van der Waals surface area contributed by atoms with Gasteiger partial charge in [0.15, 0.2) is 5.11 Å². The Morgan fingerprint density at radius 1 is 1.19 bits per heavy atom. The summed E-state index contributed by atoms with van der Waals surface area (Å²) in [6.07, 6.45) is -2.06. The minimum atomic E-state index is -4.53. The van der Waals surface area contributed by atoms with Crippen molar-refractivity contribution in [3.63, 3.8) is 0 Å². The fourth-order valence-corrected chi connectivity index (χ4v) is 3.80. The second kappa shape index (κ2) is 8.13. The van der Waals surface area contributed by atoms with Crippen LogP contribution in [-0.2, 0) is 15.9 Å². The van der Waals surface area contributed by atoms with Crippen molar-refractivity contribution >= 4 is 37.6 Å². The number of hydrogen-bond acceptors (Lipinski definition) is 4. The van der Waals surface area contributed by atoms with Crippen molar-refractivity contribution in [2.24, 2.45) is 0 Å². The summed E-state index contributed by atoms with van der Waals surface area (Å²) in [6, 6.07) is 9.03. The third-order valence-electron chi connectivity index (χ3n) is 3.68. The van der Waals surface area contributed by atoms with Gasteiger partial charge in [-0.15, -0.1) is 0 Å². The molecule has 2 rings (SSSR count).